The van der Waals surface area contributed by atoms with Gasteiger partial charge in [0.25, 0.3) is 11.5 Å². The van der Waals surface area contributed by atoms with Gasteiger partial charge in [-0.2, -0.15) is 8.78 Å². The third-order valence-electron chi connectivity index (χ3n) is 7.42. The van der Waals surface area contributed by atoms with Crippen LogP contribution in [0.2, 0.25) is 10.0 Å². The van der Waals surface area contributed by atoms with Crippen LogP contribution in [0.25, 0.3) is 0 Å². The van der Waals surface area contributed by atoms with E-state index in [1.165, 1.54) is 4.90 Å². The molecule has 0 bridgehead atoms. The van der Waals surface area contributed by atoms with Gasteiger partial charge in [-0.15, -0.1) is 0 Å². The van der Waals surface area contributed by atoms with Crippen LogP contribution in [0.3, 0.4) is 0 Å². The molecule has 2 aromatic carbocycles. The molecule has 1 aliphatic carbocycles. The molecule has 3 aromatic rings. The van der Waals surface area contributed by atoms with E-state index in [-0.39, 0.29) is 39.6 Å². The molecule has 6 rings (SSSR count). The number of benzene rings is 2. The van der Waals surface area contributed by atoms with Crippen LogP contribution in [0.1, 0.15) is 57.9 Å². The number of urea groups is 1. The van der Waals surface area contributed by atoms with Gasteiger partial charge in [0.2, 0.25) is 0 Å². The number of H-pyrrole nitrogens is 1. The van der Waals surface area contributed by atoms with Crippen molar-refractivity contribution in [3.63, 3.8) is 0 Å². The minimum Gasteiger partial charge on any atom is -0.338 e. The molecular weight excluding hydrogens is 617 g/mol. The minimum atomic E-state index is -3.87. The van der Waals surface area contributed by atoms with Crippen molar-refractivity contribution in [1.82, 2.24) is 15.2 Å². The predicted molar refractivity (Wildman–Crippen MR) is 155 cm³/mol. The van der Waals surface area contributed by atoms with Crippen molar-refractivity contribution in [2.45, 2.75) is 53.4 Å². The van der Waals surface area contributed by atoms with Crippen LogP contribution in [0, 0.1) is 0 Å². The van der Waals surface area contributed by atoms with Gasteiger partial charge in [0.1, 0.15) is 11.3 Å². The molecule has 41 heavy (non-hydrogen) atoms. The summed E-state index contributed by atoms with van der Waals surface area (Å²) in [4.78, 5) is 45.2. The lowest BCUT2D eigenvalue weighted by molar-refractivity contribution is 0.0740. The van der Waals surface area contributed by atoms with Gasteiger partial charge in [-0.25, -0.2) is 4.79 Å². The molecule has 0 spiro atoms. The topological polar surface area (TPSA) is 85.5 Å². The highest BCUT2D eigenvalue weighted by Gasteiger charge is 2.37. The van der Waals surface area contributed by atoms with Crippen LogP contribution in [0.5, 0.6) is 0 Å². The van der Waals surface area contributed by atoms with Gasteiger partial charge in [0, 0.05) is 41.7 Å². The van der Waals surface area contributed by atoms with Crippen molar-refractivity contribution >= 4 is 64.2 Å². The van der Waals surface area contributed by atoms with E-state index < -0.39 is 22.5 Å². The third-order valence-corrected chi connectivity index (χ3v) is 9.66. The van der Waals surface area contributed by atoms with Gasteiger partial charge in [-0.3, -0.25) is 14.5 Å². The molecule has 2 aliphatic heterocycles. The molecule has 13 heteroatoms. The molecular formula is C28H23Cl3F2N4O3S. The Hall–Kier alpha value is -2.79. The first-order valence-corrected chi connectivity index (χ1v) is 14.9. The fourth-order valence-corrected chi connectivity index (χ4v) is 7.02. The average molecular weight is 640 g/mol. The number of aromatic nitrogens is 1. The zero-order valence-electron chi connectivity index (χ0n) is 21.4. The number of nitrogens with one attached hydrogen (secondary N) is 2. The molecule has 0 unspecified atom stereocenters. The molecule has 2 N–H and O–H groups in total. The molecule has 7 nitrogen and oxygen atoms in total. The van der Waals surface area contributed by atoms with Crippen LogP contribution in [0.15, 0.2) is 51.0 Å². The molecule has 3 amide bonds. The maximum atomic E-state index is 14.1. The Morgan fingerprint density at radius 2 is 1.80 bits per heavy atom. The first kappa shape index (κ1) is 28.3. The lowest BCUT2D eigenvalue weighted by Crippen LogP contribution is -2.46. The highest BCUT2D eigenvalue weighted by Crippen LogP contribution is 2.47. The summed E-state index contributed by atoms with van der Waals surface area (Å²) in [6, 6.07) is 9.53. The van der Waals surface area contributed by atoms with Gasteiger partial charge in [0.15, 0.2) is 0 Å². The van der Waals surface area contributed by atoms with E-state index in [1.807, 2.05) is 12.1 Å². The van der Waals surface area contributed by atoms with Crippen LogP contribution >= 0.6 is 46.6 Å². The molecule has 1 aromatic heterocycles. The Morgan fingerprint density at radius 3 is 2.46 bits per heavy atom. The second kappa shape index (κ2) is 10.8. The van der Waals surface area contributed by atoms with E-state index in [4.69, 9.17) is 34.8 Å². The highest BCUT2D eigenvalue weighted by atomic mass is 35.5. The zero-order valence-corrected chi connectivity index (χ0v) is 24.5. The molecule has 1 saturated carbocycles. The SMILES string of the molecule is O=C(c1c(Sc2c(Cl)cccc2Cl)cc(C(F)(F)Cl)[nH]c1=O)N1Cc2cc(N3CCCNC3=O)cc(C3CC3)c2C1. The monoisotopic (exact) mass is 638 g/mol. The number of hydrogen-bond acceptors (Lipinski definition) is 4. The Balaban J connectivity index is 1.38. The minimum absolute atomic E-state index is 0.0480. The molecule has 214 valence electrons. The summed E-state index contributed by atoms with van der Waals surface area (Å²) < 4.78 is 28.2. The van der Waals surface area contributed by atoms with E-state index in [9.17, 15) is 23.2 Å². The van der Waals surface area contributed by atoms with E-state index in [1.54, 1.807) is 23.1 Å². The van der Waals surface area contributed by atoms with E-state index in [0.717, 1.165) is 59.5 Å². The van der Waals surface area contributed by atoms with Crippen molar-refractivity contribution in [3.05, 3.63) is 84.7 Å². The zero-order chi connectivity index (χ0) is 29.1. The molecule has 3 heterocycles. The van der Waals surface area contributed by atoms with Gasteiger partial charge in [-0.1, -0.05) is 41.0 Å². The van der Waals surface area contributed by atoms with Crippen LogP contribution in [-0.4, -0.2) is 34.9 Å². The number of carbonyl (C=O) groups is 2. The predicted octanol–water partition coefficient (Wildman–Crippen LogP) is 7.07. The lowest BCUT2D eigenvalue weighted by Gasteiger charge is -2.28. The summed E-state index contributed by atoms with van der Waals surface area (Å²) >= 11 is 18.7. The first-order valence-electron chi connectivity index (χ1n) is 13.0. The summed E-state index contributed by atoms with van der Waals surface area (Å²) in [5, 5.41) is -0.540. The number of amides is 3. The average Bonchev–Trinajstić information content (AvgIpc) is 3.67. The van der Waals surface area contributed by atoms with Crippen molar-refractivity contribution in [3.8, 4) is 0 Å². The molecule has 0 radical (unpaired) electrons. The Morgan fingerprint density at radius 1 is 1.07 bits per heavy atom. The van der Waals surface area contributed by atoms with Crippen molar-refractivity contribution in [1.29, 1.82) is 0 Å². The Bertz CT molecular complexity index is 1620. The number of aromatic amines is 1. The number of rotatable bonds is 6. The fourth-order valence-electron chi connectivity index (χ4n) is 5.28. The van der Waals surface area contributed by atoms with Crippen LogP contribution in [0.4, 0.5) is 19.3 Å². The second-order valence-corrected chi connectivity index (χ2v) is 12.6. The molecule has 2 fully saturated rings. The molecule has 3 aliphatic rings. The number of carbonyl (C=O) groups excluding carboxylic acids is 2. The lowest BCUT2D eigenvalue weighted by atomic mass is 9.98. The van der Waals surface area contributed by atoms with Crippen LogP contribution < -0.4 is 15.8 Å². The number of nitrogens with zero attached hydrogens (tertiary/aromatic N) is 2. The van der Waals surface area contributed by atoms with Crippen molar-refractivity contribution < 1.29 is 18.4 Å². The summed E-state index contributed by atoms with van der Waals surface area (Å²) in [7, 11) is 0. The maximum Gasteiger partial charge on any atom is 0.362 e. The molecule has 0 atom stereocenters. The molecule has 1 saturated heterocycles. The van der Waals surface area contributed by atoms with Crippen LogP contribution in [-0.2, 0) is 18.5 Å². The van der Waals surface area contributed by atoms with Gasteiger partial charge in [0.05, 0.1) is 10.0 Å². The third kappa shape index (κ3) is 5.55. The maximum absolute atomic E-state index is 14.1. The fraction of sp³-hybridized carbons (Fsp3) is 0.321. The van der Waals surface area contributed by atoms with E-state index >= 15 is 0 Å². The number of hydrogen-bond donors (Lipinski definition) is 2. The van der Waals surface area contributed by atoms with E-state index in [0.29, 0.717) is 23.9 Å². The highest BCUT2D eigenvalue weighted by molar-refractivity contribution is 7.99. The number of anilines is 1. The van der Waals surface area contributed by atoms with E-state index in [2.05, 4.69) is 10.3 Å². The van der Waals surface area contributed by atoms with Gasteiger partial charge >= 0.3 is 11.4 Å². The summed E-state index contributed by atoms with van der Waals surface area (Å²) in [5.41, 5.74) is 1.58. The number of alkyl halides is 3. The van der Waals surface area contributed by atoms with Gasteiger partial charge in [-0.05, 0) is 83.8 Å². The Kier molecular flexibility index (Phi) is 7.46. The Labute approximate surface area is 253 Å². The quantitative estimate of drug-likeness (QED) is 0.283. The summed E-state index contributed by atoms with van der Waals surface area (Å²) in [5.74, 6) is -0.287. The summed E-state index contributed by atoms with van der Waals surface area (Å²) in [6.45, 7) is 1.66. The van der Waals surface area contributed by atoms with Crippen molar-refractivity contribution in [2.75, 3.05) is 18.0 Å². The second-order valence-electron chi connectivity index (χ2n) is 10.2. The summed E-state index contributed by atoms with van der Waals surface area (Å²) in [6.07, 6.45) is 2.86. The van der Waals surface area contributed by atoms with Crippen molar-refractivity contribution in [2.24, 2.45) is 0 Å². The first-order chi connectivity index (χ1) is 19.5. The smallest absolute Gasteiger partial charge is 0.338 e. The number of pyridine rings is 1. The normalized spacial score (nSPS) is 17.0. The largest absolute Gasteiger partial charge is 0.362 e. The number of fused-ring (bicyclic) bond motifs is 1. The number of halogens is 5. The van der Waals surface area contributed by atoms with Gasteiger partial charge < -0.3 is 15.2 Å². The standard InChI is InChI=1S/C28H23Cl3F2N4O3S/c29-19-3-1-4-20(30)24(19)41-21-11-22(28(31,32)33)35-25(38)23(21)26(39)36-12-15-9-16(37-8-2-7-34-27(37)40)10-17(14-5-6-14)18(15)13-36/h1,3-4,9-11,14H,2,5-8,12-13H2,(H,34,40)(H,35,38).